The third-order valence-corrected chi connectivity index (χ3v) is 3.25. The van der Waals surface area contributed by atoms with Gasteiger partial charge in [0.25, 0.3) is 11.2 Å². The number of non-ortho nitro benzene ring substituents is 1. The molecule has 0 aliphatic rings. The second kappa shape index (κ2) is 6.36. The van der Waals surface area contributed by atoms with Crippen molar-refractivity contribution >= 4 is 23.0 Å². The predicted octanol–water partition coefficient (Wildman–Crippen LogP) is 2.44. The Bertz CT molecular complexity index is 730. The minimum atomic E-state index is -0.458. The lowest BCUT2D eigenvalue weighted by molar-refractivity contribution is -0.384. The molecule has 2 rings (SSSR count). The summed E-state index contributed by atoms with van der Waals surface area (Å²) in [5.74, 6) is 0. The summed E-state index contributed by atoms with van der Waals surface area (Å²) in [5.41, 5.74) is 0.751. The van der Waals surface area contributed by atoms with Crippen molar-refractivity contribution in [2.75, 3.05) is 5.32 Å². The summed E-state index contributed by atoms with van der Waals surface area (Å²) in [7, 11) is 0. The summed E-state index contributed by atoms with van der Waals surface area (Å²) in [6.07, 6.45) is 1.46. The van der Waals surface area contributed by atoms with Crippen LogP contribution < -0.4 is 10.9 Å². The van der Waals surface area contributed by atoms with Crippen LogP contribution in [0.4, 0.5) is 11.4 Å². The zero-order valence-electron chi connectivity index (χ0n) is 11.2. The number of aryl methyl sites for hydroxylation is 1. The van der Waals surface area contributed by atoms with Crippen molar-refractivity contribution < 1.29 is 4.92 Å². The second-order valence-electron chi connectivity index (χ2n) is 4.27. The van der Waals surface area contributed by atoms with Gasteiger partial charge in [-0.2, -0.15) is 5.10 Å². The van der Waals surface area contributed by atoms with Gasteiger partial charge in [0.15, 0.2) is 0 Å². The number of hydrogen-bond donors (Lipinski definition) is 1. The molecule has 0 fully saturated rings. The number of anilines is 1. The van der Waals surface area contributed by atoms with Gasteiger partial charge in [0, 0.05) is 25.2 Å². The van der Waals surface area contributed by atoms with Gasteiger partial charge in [0.1, 0.15) is 5.02 Å². The molecule has 1 aromatic heterocycles. The molecule has 0 atom stereocenters. The maximum atomic E-state index is 11.8. The van der Waals surface area contributed by atoms with Gasteiger partial charge in [-0.15, -0.1) is 0 Å². The van der Waals surface area contributed by atoms with E-state index in [4.69, 9.17) is 11.6 Å². The number of nitro benzene ring substituents is 1. The molecule has 1 N–H and O–H groups in total. The van der Waals surface area contributed by atoms with Crippen molar-refractivity contribution in [2.45, 2.75) is 20.0 Å². The van der Waals surface area contributed by atoms with E-state index in [0.717, 1.165) is 0 Å². The molecule has 0 saturated carbocycles. The molecule has 0 bridgehead atoms. The van der Waals surface area contributed by atoms with Crippen LogP contribution in [0.3, 0.4) is 0 Å². The fourth-order valence-electron chi connectivity index (χ4n) is 1.79. The van der Waals surface area contributed by atoms with Crippen LogP contribution in [0.5, 0.6) is 0 Å². The molecule has 21 heavy (non-hydrogen) atoms. The highest BCUT2D eigenvalue weighted by atomic mass is 35.5. The van der Waals surface area contributed by atoms with E-state index in [1.807, 2.05) is 0 Å². The average Bonchev–Trinajstić information content (AvgIpc) is 2.49. The van der Waals surface area contributed by atoms with Crippen molar-refractivity contribution in [3.8, 4) is 0 Å². The van der Waals surface area contributed by atoms with Gasteiger partial charge in [0.05, 0.1) is 16.8 Å². The quantitative estimate of drug-likeness (QED) is 0.676. The van der Waals surface area contributed by atoms with E-state index in [0.29, 0.717) is 24.3 Å². The second-order valence-corrected chi connectivity index (χ2v) is 4.65. The molecule has 2 aromatic rings. The van der Waals surface area contributed by atoms with Crippen LogP contribution >= 0.6 is 11.6 Å². The fourth-order valence-corrected chi connectivity index (χ4v) is 2.00. The molecule has 110 valence electrons. The van der Waals surface area contributed by atoms with Crippen molar-refractivity contribution in [3.63, 3.8) is 0 Å². The zero-order valence-corrected chi connectivity index (χ0v) is 12.0. The van der Waals surface area contributed by atoms with Crippen LogP contribution in [0.25, 0.3) is 0 Å². The highest BCUT2D eigenvalue weighted by molar-refractivity contribution is 6.32. The smallest absolute Gasteiger partial charge is 0.287 e. The molecule has 0 spiro atoms. The maximum Gasteiger partial charge on any atom is 0.287 e. The lowest BCUT2D eigenvalue weighted by Gasteiger charge is -2.09. The molecule has 0 radical (unpaired) electrons. The largest absolute Gasteiger partial charge is 0.378 e. The number of halogens is 1. The standard InChI is InChI=1S/C13H13ClN4O3/c1-2-17-13(19)12(14)11(8-16-17)15-7-9-4-3-5-10(6-9)18(20)21/h3-6,8,15H,2,7H2,1H3. The molecule has 0 unspecified atom stereocenters. The Morgan fingerprint density at radius 1 is 1.48 bits per heavy atom. The molecule has 0 amide bonds. The summed E-state index contributed by atoms with van der Waals surface area (Å²) in [5, 5.41) is 17.7. The Balaban J connectivity index is 2.17. The van der Waals surface area contributed by atoms with Gasteiger partial charge in [-0.1, -0.05) is 23.7 Å². The SMILES string of the molecule is CCn1ncc(NCc2cccc([N+](=O)[O-])c2)c(Cl)c1=O. The van der Waals surface area contributed by atoms with Crippen LogP contribution in [0.15, 0.2) is 35.3 Å². The molecule has 0 aliphatic heterocycles. The Hall–Kier alpha value is -2.41. The van der Waals surface area contributed by atoms with Crippen molar-refractivity contribution in [1.82, 2.24) is 9.78 Å². The summed E-state index contributed by atoms with van der Waals surface area (Å²) in [6, 6.07) is 6.22. The Kier molecular flexibility index (Phi) is 4.54. The average molecular weight is 309 g/mol. The molecule has 0 saturated heterocycles. The molecule has 8 heteroatoms. The predicted molar refractivity (Wildman–Crippen MR) is 79.6 cm³/mol. The topological polar surface area (TPSA) is 90.1 Å². The number of rotatable bonds is 5. The van der Waals surface area contributed by atoms with Crippen LogP contribution in [-0.4, -0.2) is 14.7 Å². The zero-order chi connectivity index (χ0) is 15.4. The van der Waals surface area contributed by atoms with E-state index in [1.54, 1.807) is 19.1 Å². The van der Waals surface area contributed by atoms with Crippen molar-refractivity contribution in [3.05, 3.63) is 61.5 Å². The first-order chi connectivity index (χ1) is 10.0. The Morgan fingerprint density at radius 2 is 2.24 bits per heavy atom. The number of hydrogen-bond acceptors (Lipinski definition) is 5. The van der Waals surface area contributed by atoms with Gasteiger partial charge in [-0.05, 0) is 12.5 Å². The van der Waals surface area contributed by atoms with Gasteiger partial charge in [-0.25, -0.2) is 4.68 Å². The monoisotopic (exact) mass is 308 g/mol. The number of aromatic nitrogens is 2. The first-order valence-electron chi connectivity index (χ1n) is 6.25. The van der Waals surface area contributed by atoms with Crippen LogP contribution in [0.1, 0.15) is 12.5 Å². The van der Waals surface area contributed by atoms with E-state index in [-0.39, 0.29) is 16.3 Å². The third-order valence-electron chi connectivity index (χ3n) is 2.89. The molecule has 1 aromatic carbocycles. The third kappa shape index (κ3) is 3.38. The minimum Gasteiger partial charge on any atom is -0.378 e. The summed E-state index contributed by atoms with van der Waals surface area (Å²) in [4.78, 5) is 22.1. The first-order valence-corrected chi connectivity index (χ1v) is 6.63. The number of nitro groups is 1. The van der Waals surface area contributed by atoms with Gasteiger partial charge >= 0.3 is 0 Å². The molecular formula is C13H13ClN4O3. The van der Waals surface area contributed by atoms with E-state index >= 15 is 0 Å². The van der Waals surface area contributed by atoms with Gasteiger partial charge < -0.3 is 5.32 Å². The molecule has 0 aliphatic carbocycles. The fraction of sp³-hybridized carbons (Fsp3) is 0.231. The lowest BCUT2D eigenvalue weighted by Crippen LogP contribution is -2.23. The Labute approximate surface area is 125 Å². The first kappa shape index (κ1) is 15.0. The lowest BCUT2D eigenvalue weighted by atomic mass is 10.2. The summed E-state index contributed by atoms with van der Waals surface area (Å²) in [6.45, 7) is 2.53. The molecular weight excluding hydrogens is 296 g/mol. The van der Waals surface area contributed by atoms with Crippen molar-refractivity contribution in [2.24, 2.45) is 0 Å². The number of benzene rings is 1. The van der Waals surface area contributed by atoms with Gasteiger partial charge in [0.2, 0.25) is 0 Å². The number of nitrogens with zero attached hydrogens (tertiary/aromatic N) is 3. The highest BCUT2D eigenvalue weighted by Crippen LogP contribution is 2.18. The van der Waals surface area contributed by atoms with E-state index < -0.39 is 4.92 Å². The van der Waals surface area contributed by atoms with Crippen LogP contribution in [0, 0.1) is 10.1 Å². The normalized spacial score (nSPS) is 10.4. The van der Waals surface area contributed by atoms with E-state index in [2.05, 4.69) is 10.4 Å². The summed E-state index contributed by atoms with van der Waals surface area (Å²) >= 11 is 5.98. The molecule has 1 heterocycles. The van der Waals surface area contributed by atoms with Crippen LogP contribution in [-0.2, 0) is 13.1 Å². The van der Waals surface area contributed by atoms with Crippen LogP contribution in [0.2, 0.25) is 5.02 Å². The maximum absolute atomic E-state index is 11.8. The summed E-state index contributed by atoms with van der Waals surface area (Å²) < 4.78 is 1.25. The highest BCUT2D eigenvalue weighted by Gasteiger charge is 2.09. The number of nitrogens with one attached hydrogen (secondary N) is 1. The van der Waals surface area contributed by atoms with Crippen molar-refractivity contribution in [1.29, 1.82) is 0 Å². The minimum absolute atomic E-state index is 0.0138. The molecule has 7 nitrogen and oxygen atoms in total. The Morgan fingerprint density at radius 3 is 2.90 bits per heavy atom. The van der Waals surface area contributed by atoms with E-state index in [1.165, 1.54) is 23.0 Å². The van der Waals surface area contributed by atoms with Gasteiger partial charge in [-0.3, -0.25) is 14.9 Å². The van der Waals surface area contributed by atoms with E-state index in [9.17, 15) is 14.9 Å².